The van der Waals surface area contributed by atoms with E-state index in [0.717, 1.165) is 23.7 Å². The highest BCUT2D eigenvalue weighted by Crippen LogP contribution is 2.24. The Labute approximate surface area is 168 Å². The van der Waals surface area contributed by atoms with Gasteiger partial charge in [0.1, 0.15) is 11.6 Å². The molecule has 1 amide bonds. The lowest BCUT2D eigenvalue weighted by atomic mass is 10.3. The van der Waals surface area contributed by atoms with Crippen LogP contribution in [0.15, 0.2) is 47.8 Å². The quantitative estimate of drug-likeness (QED) is 0.588. The normalized spacial score (nSPS) is 11.5. The van der Waals surface area contributed by atoms with Gasteiger partial charge in [-0.15, -0.1) is 23.4 Å². The maximum Gasteiger partial charge on any atom is 0.573 e. The number of alkyl halides is 3. The summed E-state index contributed by atoms with van der Waals surface area (Å²) in [5, 5.41) is 11.5. The standard InChI is InChI=1S/C18H18F3N5O2S/c1-25-9-3-4-13(25)10-15-23-24-17(26(15)2)29-11-16(27)22-12-5-7-14(8-6-12)28-18(19,20)21/h3-9H,10-11H2,1-2H3,(H,22,27). The molecule has 29 heavy (non-hydrogen) atoms. The fraction of sp³-hybridized carbons (Fsp3) is 0.278. The van der Waals surface area contributed by atoms with E-state index in [4.69, 9.17) is 0 Å². The minimum absolute atomic E-state index is 0.0803. The molecule has 0 unspecified atom stereocenters. The van der Waals surface area contributed by atoms with Gasteiger partial charge < -0.3 is 19.2 Å². The van der Waals surface area contributed by atoms with Crippen molar-refractivity contribution in [3.8, 4) is 5.75 Å². The number of amides is 1. The van der Waals surface area contributed by atoms with Crippen LogP contribution in [0.2, 0.25) is 0 Å². The summed E-state index contributed by atoms with van der Waals surface area (Å²) in [6.07, 6.45) is -2.18. The molecule has 0 atom stereocenters. The molecular weight excluding hydrogens is 407 g/mol. The van der Waals surface area contributed by atoms with E-state index in [2.05, 4.69) is 20.3 Å². The van der Waals surface area contributed by atoms with E-state index in [1.54, 1.807) is 0 Å². The summed E-state index contributed by atoms with van der Waals surface area (Å²) in [6, 6.07) is 8.89. The Morgan fingerprint density at radius 1 is 1.17 bits per heavy atom. The number of nitrogens with zero attached hydrogens (tertiary/aromatic N) is 4. The summed E-state index contributed by atoms with van der Waals surface area (Å²) >= 11 is 1.22. The molecule has 11 heteroatoms. The average Bonchev–Trinajstić information content (AvgIpc) is 3.20. The van der Waals surface area contributed by atoms with Gasteiger partial charge in [-0.2, -0.15) is 0 Å². The van der Waals surface area contributed by atoms with E-state index in [1.165, 1.54) is 23.9 Å². The van der Waals surface area contributed by atoms with Crippen LogP contribution in [0, 0.1) is 0 Å². The van der Waals surface area contributed by atoms with Crippen LogP contribution in [0.25, 0.3) is 0 Å². The maximum absolute atomic E-state index is 12.2. The van der Waals surface area contributed by atoms with Crippen molar-refractivity contribution in [2.75, 3.05) is 11.1 Å². The Morgan fingerprint density at radius 3 is 2.52 bits per heavy atom. The van der Waals surface area contributed by atoms with Gasteiger partial charge in [0.2, 0.25) is 5.91 Å². The largest absolute Gasteiger partial charge is 0.573 e. The summed E-state index contributed by atoms with van der Waals surface area (Å²) in [4.78, 5) is 12.1. The predicted octanol–water partition coefficient (Wildman–Crippen LogP) is 3.37. The molecule has 7 nitrogen and oxygen atoms in total. The van der Waals surface area contributed by atoms with Gasteiger partial charge in [-0.3, -0.25) is 4.79 Å². The monoisotopic (exact) mass is 425 g/mol. The zero-order valence-electron chi connectivity index (χ0n) is 15.6. The molecule has 0 aliphatic rings. The first-order valence-corrected chi connectivity index (χ1v) is 9.47. The molecule has 0 spiro atoms. The number of anilines is 1. The summed E-state index contributed by atoms with van der Waals surface area (Å²) in [5.41, 5.74) is 1.46. The zero-order chi connectivity index (χ0) is 21.0. The first kappa shape index (κ1) is 20.8. The molecule has 0 bridgehead atoms. The number of carbonyl (C=O) groups is 1. The van der Waals surface area contributed by atoms with Crippen LogP contribution >= 0.6 is 11.8 Å². The van der Waals surface area contributed by atoms with Gasteiger partial charge in [-0.25, -0.2) is 0 Å². The fourth-order valence-corrected chi connectivity index (χ4v) is 3.26. The molecule has 2 aromatic heterocycles. The molecule has 0 fully saturated rings. The van der Waals surface area contributed by atoms with Crippen LogP contribution in [0.3, 0.4) is 0 Å². The molecule has 3 rings (SSSR count). The molecule has 2 heterocycles. The number of carbonyl (C=O) groups excluding carboxylic acids is 1. The number of hydrogen-bond acceptors (Lipinski definition) is 5. The maximum atomic E-state index is 12.2. The second kappa shape index (κ2) is 8.60. The third-order valence-corrected chi connectivity index (χ3v) is 5.04. The van der Waals surface area contributed by atoms with Gasteiger partial charge in [-0.05, 0) is 36.4 Å². The van der Waals surface area contributed by atoms with E-state index < -0.39 is 6.36 Å². The van der Waals surface area contributed by atoms with Crippen molar-refractivity contribution in [1.29, 1.82) is 0 Å². The zero-order valence-corrected chi connectivity index (χ0v) is 16.4. The van der Waals surface area contributed by atoms with Crippen molar-refractivity contribution in [1.82, 2.24) is 19.3 Å². The van der Waals surface area contributed by atoms with Crippen molar-refractivity contribution in [2.45, 2.75) is 17.9 Å². The lowest BCUT2D eigenvalue weighted by molar-refractivity contribution is -0.274. The molecule has 3 aromatic rings. The number of thioether (sulfide) groups is 1. The number of rotatable bonds is 7. The van der Waals surface area contributed by atoms with Gasteiger partial charge in [-0.1, -0.05) is 11.8 Å². The molecule has 1 N–H and O–H groups in total. The van der Waals surface area contributed by atoms with Gasteiger partial charge in [0, 0.05) is 38.1 Å². The van der Waals surface area contributed by atoms with Crippen molar-refractivity contribution in [2.24, 2.45) is 14.1 Å². The molecule has 0 saturated carbocycles. The molecule has 0 aliphatic carbocycles. The lowest BCUT2D eigenvalue weighted by Gasteiger charge is -2.10. The van der Waals surface area contributed by atoms with E-state index in [1.807, 2.05) is 41.6 Å². The Bertz CT molecular complexity index is 982. The third-order valence-electron chi connectivity index (χ3n) is 4.02. The number of benzene rings is 1. The molecular formula is C18H18F3N5O2S. The fourth-order valence-electron chi connectivity index (χ4n) is 2.53. The van der Waals surface area contributed by atoms with Crippen molar-refractivity contribution in [3.63, 3.8) is 0 Å². The van der Waals surface area contributed by atoms with Crippen LogP contribution < -0.4 is 10.1 Å². The van der Waals surface area contributed by atoms with Crippen LogP contribution in [-0.2, 0) is 25.3 Å². The highest BCUT2D eigenvalue weighted by molar-refractivity contribution is 7.99. The summed E-state index contributed by atoms with van der Waals surface area (Å²) in [5.74, 6) is 0.188. The van der Waals surface area contributed by atoms with Gasteiger partial charge in [0.25, 0.3) is 0 Å². The minimum atomic E-state index is -4.75. The Morgan fingerprint density at radius 2 is 1.90 bits per heavy atom. The Hall–Kier alpha value is -2.95. The number of aromatic nitrogens is 4. The van der Waals surface area contributed by atoms with Crippen LogP contribution in [0.5, 0.6) is 5.75 Å². The van der Waals surface area contributed by atoms with E-state index in [0.29, 0.717) is 17.3 Å². The van der Waals surface area contributed by atoms with Crippen molar-refractivity contribution < 1.29 is 22.7 Å². The van der Waals surface area contributed by atoms with Crippen LogP contribution in [0.4, 0.5) is 18.9 Å². The third kappa shape index (κ3) is 5.76. The SMILES string of the molecule is Cn1cccc1Cc1nnc(SCC(=O)Nc2ccc(OC(F)(F)F)cc2)n1C. The minimum Gasteiger partial charge on any atom is -0.406 e. The van der Waals surface area contributed by atoms with Crippen molar-refractivity contribution >= 4 is 23.4 Å². The summed E-state index contributed by atoms with van der Waals surface area (Å²) in [7, 11) is 3.78. The Balaban J connectivity index is 1.52. The predicted molar refractivity (Wildman–Crippen MR) is 102 cm³/mol. The summed E-state index contributed by atoms with van der Waals surface area (Å²) < 4.78 is 44.1. The smallest absolute Gasteiger partial charge is 0.406 e. The number of hydrogen-bond donors (Lipinski definition) is 1. The van der Waals surface area contributed by atoms with Gasteiger partial charge in [0.05, 0.1) is 5.75 Å². The second-order valence-corrected chi connectivity index (χ2v) is 7.10. The van der Waals surface area contributed by atoms with Crippen LogP contribution in [-0.4, -0.2) is 37.4 Å². The van der Waals surface area contributed by atoms with E-state index in [-0.39, 0.29) is 17.4 Å². The topological polar surface area (TPSA) is 74.0 Å². The molecule has 1 aromatic carbocycles. The molecule has 154 valence electrons. The number of ether oxygens (including phenoxy) is 1. The van der Waals surface area contributed by atoms with Crippen LogP contribution in [0.1, 0.15) is 11.5 Å². The molecule has 0 aliphatic heterocycles. The lowest BCUT2D eigenvalue weighted by Crippen LogP contribution is -2.17. The molecule has 0 radical (unpaired) electrons. The van der Waals surface area contributed by atoms with Gasteiger partial charge >= 0.3 is 6.36 Å². The number of aryl methyl sites for hydroxylation is 1. The number of nitrogens with one attached hydrogen (secondary N) is 1. The first-order valence-electron chi connectivity index (χ1n) is 8.48. The first-order chi connectivity index (χ1) is 13.7. The van der Waals surface area contributed by atoms with E-state index >= 15 is 0 Å². The second-order valence-electron chi connectivity index (χ2n) is 6.15. The Kier molecular flexibility index (Phi) is 6.16. The average molecular weight is 425 g/mol. The molecule has 0 saturated heterocycles. The number of halogens is 3. The van der Waals surface area contributed by atoms with Gasteiger partial charge in [0.15, 0.2) is 5.16 Å². The highest BCUT2D eigenvalue weighted by Gasteiger charge is 2.30. The van der Waals surface area contributed by atoms with E-state index in [9.17, 15) is 18.0 Å². The highest BCUT2D eigenvalue weighted by atomic mass is 32.2. The summed E-state index contributed by atoms with van der Waals surface area (Å²) in [6.45, 7) is 0. The van der Waals surface area contributed by atoms with Crippen molar-refractivity contribution in [3.05, 3.63) is 54.1 Å².